The van der Waals surface area contributed by atoms with E-state index >= 15 is 0 Å². The zero-order chi connectivity index (χ0) is 18.7. The number of benzene rings is 1. The molecule has 0 saturated heterocycles. The Morgan fingerprint density at radius 2 is 2.04 bits per heavy atom. The van der Waals surface area contributed by atoms with E-state index in [9.17, 15) is 12.8 Å². The summed E-state index contributed by atoms with van der Waals surface area (Å²) in [7, 11) is -3.41. The predicted octanol–water partition coefficient (Wildman–Crippen LogP) is 2.03. The first-order valence-electron chi connectivity index (χ1n) is 8.12. The van der Waals surface area contributed by atoms with Crippen LogP contribution < -0.4 is 10.0 Å². The molecule has 0 bridgehead atoms. The quantitative estimate of drug-likeness (QED) is 0.767. The zero-order valence-electron chi connectivity index (χ0n) is 14.1. The highest BCUT2D eigenvalue weighted by Gasteiger charge is 2.36. The van der Waals surface area contributed by atoms with Crippen molar-refractivity contribution < 1.29 is 12.8 Å². The molecule has 1 fully saturated rings. The minimum Gasteiger partial charge on any atom is -0.346 e. The summed E-state index contributed by atoms with van der Waals surface area (Å²) in [5.74, 6) is -0.263. The van der Waals surface area contributed by atoms with E-state index in [0.29, 0.717) is 24.0 Å². The monoisotopic (exact) mass is 375 g/mol. The molecule has 1 aromatic carbocycles. The molecular formula is C17H18FN5O2S. The molecule has 0 radical (unpaired) electrons. The fraction of sp³-hybridized carbons (Fsp3) is 0.353. The molecule has 2 aromatic rings. The minimum absolute atomic E-state index is 0.0395. The number of anilines is 1. The summed E-state index contributed by atoms with van der Waals surface area (Å²) < 4.78 is 41.2. The number of hydrogen-bond acceptors (Lipinski definition) is 6. The van der Waals surface area contributed by atoms with Crippen molar-refractivity contribution in [3.8, 4) is 6.07 Å². The van der Waals surface area contributed by atoms with E-state index < -0.39 is 21.9 Å². The smallest absolute Gasteiger partial charge is 0.223 e. The van der Waals surface area contributed by atoms with Crippen molar-refractivity contribution in [2.45, 2.75) is 31.1 Å². The maximum absolute atomic E-state index is 14.4. The number of nitriles is 1. The molecule has 1 aliphatic rings. The lowest BCUT2D eigenvalue weighted by Gasteiger charge is -2.20. The normalized spacial score (nSPS) is 15.3. The fourth-order valence-corrected chi connectivity index (χ4v) is 3.86. The Kier molecular flexibility index (Phi) is 5.15. The summed E-state index contributed by atoms with van der Waals surface area (Å²) >= 11 is 0. The lowest BCUT2D eigenvalue weighted by atomic mass is 10.0. The Morgan fingerprint density at radius 3 is 2.62 bits per heavy atom. The van der Waals surface area contributed by atoms with E-state index in [0.717, 1.165) is 5.56 Å². The number of aryl methyl sites for hydroxylation is 1. The van der Waals surface area contributed by atoms with Crippen molar-refractivity contribution in [3.05, 3.63) is 53.1 Å². The highest BCUT2D eigenvalue weighted by atomic mass is 32.2. The van der Waals surface area contributed by atoms with Crippen LogP contribution in [0.5, 0.6) is 0 Å². The molecule has 3 rings (SSSR count). The summed E-state index contributed by atoms with van der Waals surface area (Å²) in [6, 6.07) is 5.97. The Labute approximate surface area is 151 Å². The second-order valence-corrected chi connectivity index (χ2v) is 8.27. The summed E-state index contributed by atoms with van der Waals surface area (Å²) in [5, 5.41) is 11.4. The first-order chi connectivity index (χ1) is 12.4. The fourth-order valence-electron chi connectivity index (χ4n) is 2.47. The Morgan fingerprint density at radius 1 is 1.35 bits per heavy atom. The highest BCUT2D eigenvalue weighted by molar-refractivity contribution is 7.90. The summed E-state index contributed by atoms with van der Waals surface area (Å²) in [5.41, 5.74) is 1.36. The molecule has 2 N–H and O–H groups in total. The topological polar surface area (TPSA) is 108 Å². The number of nitrogens with zero attached hydrogens (tertiary/aromatic N) is 3. The van der Waals surface area contributed by atoms with Gasteiger partial charge in [0.15, 0.2) is 0 Å². The molecule has 9 heteroatoms. The third-order valence-corrected chi connectivity index (χ3v) is 5.99. The first-order valence-corrected chi connectivity index (χ1v) is 9.67. The molecule has 1 atom stereocenters. The van der Waals surface area contributed by atoms with Gasteiger partial charge >= 0.3 is 0 Å². The summed E-state index contributed by atoms with van der Waals surface area (Å²) in [6.45, 7) is 1.73. The Hall–Kier alpha value is -2.57. The third kappa shape index (κ3) is 4.33. The number of halogens is 1. The van der Waals surface area contributed by atoms with Gasteiger partial charge in [0.1, 0.15) is 11.9 Å². The Balaban J connectivity index is 1.83. The number of aromatic nitrogens is 2. The Bertz CT molecular complexity index is 937. The minimum atomic E-state index is -3.41. The van der Waals surface area contributed by atoms with Gasteiger partial charge in [0.2, 0.25) is 16.0 Å². The second kappa shape index (κ2) is 7.35. The average molecular weight is 375 g/mol. The molecule has 1 heterocycles. The molecule has 1 unspecified atom stereocenters. The van der Waals surface area contributed by atoms with Gasteiger partial charge < -0.3 is 5.32 Å². The number of sulfonamides is 1. The van der Waals surface area contributed by atoms with Crippen LogP contribution in [-0.4, -0.2) is 30.2 Å². The van der Waals surface area contributed by atoms with E-state index in [1.165, 1.54) is 18.5 Å². The molecule has 1 aromatic heterocycles. The van der Waals surface area contributed by atoms with E-state index in [1.54, 1.807) is 19.1 Å². The molecule has 0 aliphatic heterocycles. The number of nitrogens with one attached hydrogen (secondary N) is 2. The molecule has 136 valence electrons. The van der Waals surface area contributed by atoms with Crippen LogP contribution in [0.15, 0.2) is 30.6 Å². The average Bonchev–Trinajstić information content (AvgIpc) is 3.45. The van der Waals surface area contributed by atoms with Crippen LogP contribution in [0, 0.1) is 24.1 Å². The van der Waals surface area contributed by atoms with Crippen molar-refractivity contribution in [1.29, 1.82) is 5.26 Å². The number of hydrogen-bond donors (Lipinski definition) is 2. The van der Waals surface area contributed by atoms with Crippen molar-refractivity contribution in [2.75, 3.05) is 11.9 Å². The van der Waals surface area contributed by atoms with E-state index in [4.69, 9.17) is 5.26 Å². The maximum Gasteiger partial charge on any atom is 0.223 e. The van der Waals surface area contributed by atoms with E-state index in [-0.39, 0.29) is 17.7 Å². The van der Waals surface area contributed by atoms with Gasteiger partial charge in [-0.3, -0.25) is 0 Å². The second-order valence-electron chi connectivity index (χ2n) is 6.22. The molecule has 1 aliphatic carbocycles. The standard InChI is InChI=1S/C17H18FN5O2S/c1-11-2-5-14(15(18)6-11)16(10-22-26(24,25)13-3-4-13)23-17-20-8-12(7-19)9-21-17/h2,5-6,8-9,13,16,22H,3-4,10H2,1H3,(H,20,21,23). The first kappa shape index (κ1) is 18.2. The van der Waals surface area contributed by atoms with Crippen LogP contribution >= 0.6 is 0 Å². The van der Waals surface area contributed by atoms with Gasteiger partial charge in [-0.25, -0.2) is 27.5 Å². The van der Waals surface area contributed by atoms with Crippen LogP contribution in [0.2, 0.25) is 0 Å². The van der Waals surface area contributed by atoms with Gasteiger partial charge in [0.05, 0.1) is 29.2 Å². The molecule has 1 saturated carbocycles. The van der Waals surface area contributed by atoms with Crippen molar-refractivity contribution in [2.24, 2.45) is 0 Å². The van der Waals surface area contributed by atoms with Crippen LogP contribution in [0.25, 0.3) is 0 Å². The molecule has 0 amide bonds. The predicted molar refractivity (Wildman–Crippen MR) is 94.2 cm³/mol. The van der Waals surface area contributed by atoms with Crippen LogP contribution in [0.3, 0.4) is 0 Å². The van der Waals surface area contributed by atoms with Gasteiger partial charge in [0, 0.05) is 12.1 Å². The lowest BCUT2D eigenvalue weighted by molar-refractivity contribution is 0.562. The molecule has 26 heavy (non-hydrogen) atoms. The summed E-state index contributed by atoms with van der Waals surface area (Å²) in [4.78, 5) is 8.02. The van der Waals surface area contributed by atoms with Crippen molar-refractivity contribution in [1.82, 2.24) is 14.7 Å². The SMILES string of the molecule is Cc1ccc(C(CNS(=O)(=O)C2CC2)Nc2ncc(C#N)cn2)c(F)c1. The zero-order valence-corrected chi connectivity index (χ0v) is 14.9. The largest absolute Gasteiger partial charge is 0.346 e. The molecule has 0 spiro atoms. The van der Waals surface area contributed by atoms with Crippen LogP contribution in [0.4, 0.5) is 10.3 Å². The van der Waals surface area contributed by atoms with E-state index in [1.807, 2.05) is 6.07 Å². The van der Waals surface area contributed by atoms with Crippen molar-refractivity contribution in [3.63, 3.8) is 0 Å². The van der Waals surface area contributed by atoms with Gasteiger partial charge in [-0.1, -0.05) is 12.1 Å². The maximum atomic E-state index is 14.4. The van der Waals surface area contributed by atoms with Crippen LogP contribution in [0.1, 0.15) is 35.6 Å². The summed E-state index contributed by atoms with van der Waals surface area (Å²) in [6.07, 6.45) is 3.97. The highest BCUT2D eigenvalue weighted by Crippen LogP contribution is 2.28. The van der Waals surface area contributed by atoms with Gasteiger partial charge in [-0.15, -0.1) is 0 Å². The van der Waals surface area contributed by atoms with Gasteiger partial charge in [-0.2, -0.15) is 5.26 Å². The van der Waals surface area contributed by atoms with Gasteiger partial charge in [0.25, 0.3) is 0 Å². The third-order valence-electron chi connectivity index (χ3n) is 4.07. The van der Waals surface area contributed by atoms with E-state index in [2.05, 4.69) is 20.0 Å². The molecular weight excluding hydrogens is 357 g/mol. The van der Waals surface area contributed by atoms with Crippen molar-refractivity contribution >= 4 is 16.0 Å². The lowest BCUT2D eigenvalue weighted by Crippen LogP contribution is -2.34. The number of rotatable bonds is 7. The molecule has 7 nitrogen and oxygen atoms in total. The van der Waals surface area contributed by atoms with Gasteiger partial charge in [-0.05, 0) is 31.4 Å². The van der Waals surface area contributed by atoms with Crippen LogP contribution in [-0.2, 0) is 10.0 Å².